The predicted octanol–water partition coefficient (Wildman–Crippen LogP) is 0.706. The quantitative estimate of drug-likeness (QED) is 0.781. The van der Waals surface area contributed by atoms with Gasteiger partial charge < -0.3 is 15.4 Å². The topological polar surface area (TPSA) is 67.4 Å². The lowest BCUT2D eigenvalue weighted by molar-refractivity contribution is -0.127. The summed E-state index contributed by atoms with van der Waals surface area (Å²) in [7, 11) is 0. The summed E-state index contributed by atoms with van der Waals surface area (Å²) in [5.41, 5.74) is 0. The molecule has 0 spiro atoms. The summed E-state index contributed by atoms with van der Waals surface area (Å²) in [6.45, 7) is 3.59. The van der Waals surface area contributed by atoms with Gasteiger partial charge in [-0.3, -0.25) is 9.59 Å². The summed E-state index contributed by atoms with van der Waals surface area (Å²) in [5.74, 6) is 0.0927. The zero-order chi connectivity index (χ0) is 13.4. The summed E-state index contributed by atoms with van der Waals surface area (Å²) in [6, 6.07) is 9.10. The summed E-state index contributed by atoms with van der Waals surface area (Å²) in [6.07, 6.45) is 0. The molecule has 1 aromatic carbocycles. The molecule has 2 amide bonds. The average Bonchev–Trinajstić information content (AvgIpc) is 2.34. The molecular formula is C13H18N2O3. The van der Waals surface area contributed by atoms with Crippen LogP contribution in [-0.2, 0) is 9.59 Å². The molecule has 0 radical (unpaired) electrons. The van der Waals surface area contributed by atoms with E-state index in [1.807, 2.05) is 32.0 Å². The molecule has 0 bridgehead atoms. The van der Waals surface area contributed by atoms with Crippen molar-refractivity contribution in [2.75, 3.05) is 13.2 Å². The number of hydrogen-bond acceptors (Lipinski definition) is 3. The lowest BCUT2D eigenvalue weighted by atomic mass is 10.3. The van der Waals surface area contributed by atoms with Crippen molar-refractivity contribution in [2.24, 2.45) is 0 Å². The largest absolute Gasteiger partial charge is 0.484 e. The molecular weight excluding hydrogens is 232 g/mol. The first-order valence-electron chi connectivity index (χ1n) is 5.82. The fraction of sp³-hybridized carbons (Fsp3) is 0.385. The Balaban J connectivity index is 2.20. The van der Waals surface area contributed by atoms with Crippen LogP contribution in [0.25, 0.3) is 0 Å². The number of nitrogens with one attached hydrogen (secondary N) is 2. The van der Waals surface area contributed by atoms with Crippen LogP contribution in [0.2, 0.25) is 0 Å². The molecule has 18 heavy (non-hydrogen) atoms. The van der Waals surface area contributed by atoms with Gasteiger partial charge in [-0.1, -0.05) is 18.2 Å². The normalized spacial score (nSPS) is 9.94. The Bertz CT molecular complexity index is 390. The molecule has 5 nitrogen and oxygen atoms in total. The van der Waals surface area contributed by atoms with Crippen molar-refractivity contribution in [1.29, 1.82) is 0 Å². The van der Waals surface area contributed by atoms with Crippen LogP contribution in [0.5, 0.6) is 5.75 Å². The Morgan fingerprint density at radius 3 is 2.44 bits per heavy atom. The van der Waals surface area contributed by atoms with E-state index in [2.05, 4.69) is 10.6 Å². The first-order chi connectivity index (χ1) is 8.58. The first kappa shape index (κ1) is 14.0. The zero-order valence-electron chi connectivity index (χ0n) is 10.6. The molecule has 0 aromatic heterocycles. The lowest BCUT2D eigenvalue weighted by Gasteiger charge is -2.09. The highest BCUT2D eigenvalue weighted by molar-refractivity contribution is 5.85. The van der Waals surface area contributed by atoms with Gasteiger partial charge in [-0.2, -0.15) is 0 Å². The van der Waals surface area contributed by atoms with E-state index in [0.29, 0.717) is 5.75 Å². The SMILES string of the molecule is CC(C)NC(=O)CNC(=O)COc1ccccc1. The molecule has 1 aromatic rings. The minimum Gasteiger partial charge on any atom is -0.484 e. The number of amides is 2. The first-order valence-corrected chi connectivity index (χ1v) is 5.82. The van der Waals surface area contributed by atoms with Crippen LogP contribution in [0.1, 0.15) is 13.8 Å². The number of rotatable bonds is 6. The van der Waals surface area contributed by atoms with Gasteiger partial charge in [-0.05, 0) is 26.0 Å². The second-order valence-corrected chi connectivity index (χ2v) is 4.10. The third kappa shape index (κ3) is 5.89. The van der Waals surface area contributed by atoms with Crippen molar-refractivity contribution >= 4 is 11.8 Å². The van der Waals surface area contributed by atoms with E-state index in [4.69, 9.17) is 4.74 Å². The molecule has 0 saturated carbocycles. The summed E-state index contributed by atoms with van der Waals surface area (Å²) >= 11 is 0. The molecule has 2 N–H and O–H groups in total. The van der Waals surface area contributed by atoms with E-state index in [-0.39, 0.29) is 31.0 Å². The Labute approximate surface area is 107 Å². The molecule has 0 atom stereocenters. The fourth-order valence-corrected chi connectivity index (χ4v) is 1.27. The van der Waals surface area contributed by atoms with E-state index >= 15 is 0 Å². The summed E-state index contributed by atoms with van der Waals surface area (Å²) in [5, 5.41) is 5.16. The highest BCUT2D eigenvalue weighted by atomic mass is 16.5. The number of para-hydroxylation sites is 1. The van der Waals surface area contributed by atoms with Crippen molar-refractivity contribution in [1.82, 2.24) is 10.6 Å². The number of ether oxygens (including phenoxy) is 1. The molecule has 0 aliphatic rings. The summed E-state index contributed by atoms with van der Waals surface area (Å²) in [4.78, 5) is 22.7. The van der Waals surface area contributed by atoms with Crippen LogP contribution in [-0.4, -0.2) is 31.0 Å². The number of hydrogen-bond donors (Lipinski definition) is 2. The highest BCUT2D eigenvalue weighted by Crippen LogP contribution is 2.07. The van der Waals surface area contributed by atoms with Gasteiger partial charge >= 0.3 is 0 Å². The number of carbonyl (C=O) groups excluding carboxylic acids is 2. The third-order valence-electron chi connectivity index (χ3n) is 2.01. The molecule has 0 fully saturated rings. The van der Waals surface area contributed by atoms with Crippen molar-refractivity contribution in [2.45, 2.75) is 19.9 Å². The van der Waals surface area contributed by atoms with Crippen LogP contribution in [0.15, 0.2) is 30.3 Å². The van der Waals surface area contributed by atoms with E-state index in [0.717, 1.165) is 0 Å². The van der Waals surface area contributed by atoms with Gasteiger partial charge in [0, 0.05) is 6.04 Å². The minimum absolute atomic E-state index is 0.0326. The van der Waals surface area contributed by atoms with E-state index < -0.39 is 0 Å². The molecule has 98 valence electrons. The van der Waals surface area contributed by atoms with Gasteiger partial charge in [-0.25, -0.2) is 0 Å². The highest BCUT2D eigenvalue weighted by Gasteiger charge is 2.06. The molecule has 0 aliphatic carbocycles. The van der Waals surface area contributed by atoms with Crippen LogP contribution in [0.4, 0.5) is 0 Å². The Morgan fingerprint density at radius 2 is 1.83 bits per heavy atom. The maximum atomic E-state index is 11.4. The van der Waals surface area contributed by atoms with Crippen LogP contribution in [0.3, 0.4) is 0 Å². The monoisotopic (exact) mass is 250 g/mol. The van der Waals surface area contributed by atoms with Crippen molar-refractivity contribution in [3.63, 3.8) is 0 Å². The smallest absolute Gasteiger partial charge is 0.258 e. The predicted molar refractivity (Wildman–Crippen MR) is 68.2 cm³/mol. The van der Waals surface area contributed by atoms with Gasteiger partial charge in [0.1, 0.15) is 5.75 Å². The van der Waals surface area contributed by atoms with Gasteiger partial charge in [0.05, 0.1) is 6.54 Å². The van der Waals surface area contributed by atoms with Crippen molar-refractivity contribution < 1.29 is 14.3 Å². The Morgan fingerprint density at radius 1 is 1.17 bits per heavy atom. The zero-order valence-corrected chi connectivity index (χ0v) is 10.6. The van der Waals surface area contributed by atoms with Gasteiger partial charge in [0.15, 0.2) is 6.61 Å². The van der Waals surface area contributed by atoms with Crippen molar-refractivity contribution in [3.8, 4) is 5.75 Å². The van der Waals surface area contributed by atoms with Crippen LogP contribution >= 0.6 is 0 Å². The molecule has 0 aliphatic heterocycles. The lowest BCUT2D eigenvalue weighted by Crippen LogP contribution is -2.41. The molecule has 0 heterocycles. The van der Waals surface area contributed by atoms with E-state index in [1.165, 1.54) is 0 Å². The van der Waals surface area contributed by atoms with Gasteiger partial charge in [0.25, 0.3) is 5.91 Å². The average molecular weight is 250 g/mol. The number of benzene rings is 1. The second kappa shape index (κ2) is 7.32. The molecule has 0 unspecified atom stereocenters. The minimum atomic E-state index is -0.322. The van der Waals surface area contributed by atoms with Crippen LogP contribution < -0.4 is 15.4 Å². The summed E-state index contributed by atoms with van der Waals surface area (Å²) < 4.78 is 5.24. The maximum Gasteiger partial charge on any atom is 0.258 e. The Hall–Kier alpha value is -2.04. The second-order valence-electron chi connectivity index (χ2n) is 4.10. The number of carbonyl (C=O) groups is 2. The van der Waals surface area contributed by atoms with Crippen molar-refractivity contribution in [3.05, 3.63) is 30.3 Å². The van der Waals surface area contributed by atoms with Gasteiger partial charge in [-0.15, -0.1) is 0 Å². The molecule has 1 rings (SSSR count). The molecule has 5 heteroatoms. The molecule has 0 saturated heterocycles. The third-order valence-corrected chi connectivity index (χ3v) is 2.01. The van der Waals surface area contributed by atoms with Gasteiger partial charge in [0.2, 0.25) is 5.91 Å². The van der Waals surface area contributed by atoms with E-state index in [1.54, 1.807) is 12.1 Å². The van der Waals surface area contributed by atoms with Crippen LogP contribution in [0, 0.1) is 0 Å². The fourth-order valence-electron chi connectivity index (χ4n) is 1.27. The Kier molecular flexibility index (Phi) is 5.70. The standard InChI is InChI=1S/C13H18N2O3/c1-10(2)15-12(16)8-14-13(17)9-18-11-6-4-3-5-7-11/h3-7,10H,8-9H2,1-2H3,(H,14,17)(H,15,16). The maximum absolute atomic E-state index is 11.4. The van der Waals surface area contributed by atoms with E-state index in [9.17, 15) is 9.59 Å².